The Morgan fingerprint density at radius 2 is 2.00 bits per heavy atom. The van der Waals surface area contributed by atoms with E-state index in [1.165, 1.54) is 6.21 Å². The summed E-state index contributed by atoms with van der Waals surface area (Å²) in [6, 6.07) is 5.26. The molecule has 0 saturated carbocycles. The second-order valence-corrected chi connectivity index (χ2v) is 4.44. The molecule has 19 heavy (non-hydrogen) atoms. The first kappa shape index (κ1) is 18.5. The molecule has 0 aromatic heterocycles. The van der Waals surface area contributed by atoms with Crippen molar-refractivity contribution >= 4 is 59.4 Å². The first-order valence-corrected chi connectivity index (χ1v) is 6.43. The first-order valence-electron chi connectivity index (χ1n) is 5.68. The van der Waals surface area contributed by atoms with Gasteiger partial charge in [0.1, 0.15) is 0 Å². The second kappa shape index (κ2) is 10.3. The van der Waals surface area contributed by atoms with Gasteiger partial charge in [0, 0.05) is 12.1 Å². The molecular weight excluding hydrogens is 398 g/mol. The molecule has 7 heteroatoms. The largest absolute Gasteiger partial charge is 0.369 e. The van der Waals surface area contributed by atoms with Crippen molar-refractivity contribution in [1.29, 1.82) is 0 Å². The molecule has 3 N–H and O–H groups in total. The molecule has 0 spiro atoms. The normalized spacial score (nSPS) is 11.4. The number of benzene rings is 1. The molecule has 1 rings (SSSR count). The number of guanidine groups is 1. The number of hydrazone groups is 1. The molecule has 0 saturated heterocycles. The minimum absolute atomic E-state index is 0. The van der Waals surface area contributed by atoms with Crippen molar-refractivity contribution in [2.45, 2.75) is 19.8 Å². The van der Waals surface area contributed by atoms with Crippen molar-refractivity contribution in [3.8, 4) is 0 Å². The topological polar surface area (TPSA) is 62.8 Å². The molecule has 0 aliphatic carbocycles. The Balaban J connectivity index is 0.00000324. The summed E-state index contributed by atoms with van der Waals surface area (Å²) in [6.45, 7) is 2.79. The fourth-order valence-corrected chi connectivity index (χ4v) is 1.69. The highest BCUT2D eigenvalue weighted by molar-refractivity contribution is 14.0. The van der Waals surface area contributed by atoms with E-state index in [9.17, 15) is 0 Å². The number of hydrogen-bond acceptors (Lipinski definition) is 2. The van der Waals surface area contributed by atoms with Crippen LogP contribution in [0.1, 0.15) is 25.3 Å². The van der Waals surface area contributed by atoms with Crippen LogP contribution < -0.4 is 11.2 Å². The summed E-state index contributed by atoms with van der Waals surface area (Å²) < 4.78 is 0. The van der Waals surface area contributed by atoms with Crippen LogP contribution in [0.15, 0.2) is 28.3 Å². The molecule has 0 radical (unpaired) electrons. The summed E-state index contributed by atoms with van der Waals surface area (Å²) in [7, 11) is 0. The van der Waals surface area contributed by atoms with Gasteiger partial charge in [0.15, 0.2) is 0 Å². The van der Waals surface area contributed by atoms with Crippen LogP contribution in [0.3, 0.4) is 0 Å². The molecule has 0 bridgehead atoms. The quantitative estimate of drug-likeness (QED) is 0.254. The highest BCUT2D eigenvalue weighted by Gasteiger charge is 2.01. The molecular formula is C12H17Cl2IN4. The second-order valence-electron chi connectivity index (χ2n) is 3.63. The Hall–Kier alpha value is -0.530. The van der Waals surface area contributed by atoms with Gasteiger partial charge in [-0.3, -0.25) is 4.99 Å². The molecule has 1 aromatic carbocycles. The number of halogens is 3. The molecule has 106 valence electrons. The van der Waals surface area contributed by atoms with E-state index >= 15 is 0 Å². The van der Waals surface area contributed by atoms with E-state index in [-0.39, 0.29) is 29.9 Å². The fraction of sp³-hybridized carbons (Fsp3) is 0.333. The predicted molar refractivity (Wildman–Crippen MR) is 94.0 cm³/mol. The zero-order valence-electron chi connectivity index (χ0n) is 10.6. The van der Waals surface area contributed by atoms with Gasteiger partial charge in [-0.25, -0.2) is 5.43 Å². The third-order valence-corrected chi connectivity index (χ3v) is 2.83. The van der Waals surface area contributed by atoms with Gasteiger partial charge >= 0.3 is 0 Å². The Labute approximate surface area is 140 Å². The summed E-state index contributed by atoms with van der Waals surface area (Å²) in [5.41, 5.74) is 8.89. The van der Waals surface area contributed by atoms with Crippen LogP contribution >= 0.6 is 47.2 Å². The van der Waals surface area contributed by atoms with Crippen LogP contribution in [0, 0.1) is 0 Å². The molecule has 0 amide bonds. The van der Waals surface area contributed by atoms with Gasteiger partial charge < -0.3 is 5.73 Å². The smallest absolute Gasteiger partial charge is 0.209 e. The SMILES string of the molecule is CCCCN=C(N)NN=Cc1c(Cl)cccc1Cl.I. The van der Waals surface area contributed by atoms with E-state index in [1.807, 2.05) is 0 Å². The van der Waals surface area contributed by atoms with E-state index in [1.54, 1.807) is 18.2 Å². The van der Waals surface area contributed by atoms with Crippen LogP contribution in [0.25, 0.3) is 0 Å². The van der Waals surface area contributed by atoms with Crippen LogP contribution in [0.2, 0.25) is 10.0 Å². The van der Waals surface area contributed by atoms with Crippen molar-refractivity contribution in [3.63, 3.8) is 0 Å². The minimum atomic E-state index is 0. The van der Waals surface area contributed by atoms with Crippen molar-refractivity contribution in [1.82, 2.24) is 5.43 Å². The lowest BCUT2D eigenvalue weighted by atomic mass is 10.2. The molecule has 0 aliphatic rings. The lowest BCUT2D eigenvalue weighted by molar-refractivity contribution is 0.800. The van der Waals surface area contributed by atoms with Gasteiger partial charge in [0.2, 0.25) is 5.96 Å². The Kier molecular flexibility index (Phi) is 9.99. The molecule has 0 atom stereocenters. The van der Waals surface area contributed by atoms with Crippen molar-refractivity contribution in [2.75, 3.05) is 6.54 Å². The Bertz CT molecular complexity index is 429. The average molecular weight is 415 g/mol. The van der Waals surface area contributed by atoms with Crippen LogP contribution in [-0.4, -0.2) is 18.7 Å². The number of unbranched alkanes of at least 4 members (excludes halogenated alkanes) is 1. The number of nitrogens with two attached hydrogens (primary N) is 1. The van der Waals surface area contributed by atoms with Gasteiger partial charge in [-0.2, -0.15) is 5.10 Å². The van der Waals surface area contributed by atoms with Crippen molar-refractivity contribution < 1.29 is 0 Å². The zero-order valence-corrected chi connectivity index (χ0v) is 14.4. The summed E-state index contributed by atoms with van der Waals surface area (Å²) in [5, 5.41) is 5.02. The standard InChI is InChI=1S/C12H16Cl2N4.HI/c1-2-3-7-16-12(15)18-17-8-9-10(13)5-4-6-11(9)14;/h4-6,8H,2-3,7H2,1H3,(H3,15,16,18);1H. The molecule has 0 heterocycles. The molecule has 0 aliphatic heterocycles. The lowest BCUT2D eigenvalue weighted by Crippen LogP contribution is -2.27. The summed E-state index contributed by atoms with van der Waals surface area (Å²) >= 11 is 12.0. The molecule has 0 unspecified atom stereocenters. The summed E-state index contributed by atoms with van der Waals surface area (Å²) in [4.78, 5) is 4.09. The van der Waals surface area contributed by atoms with E-state index < -0.39 is 0 Å². The third kappa shape index (κ3) is 6.98. The number of hydrogen-bond donors (Lipinski definition) is 2. The van der Waals surface area contributed by atoms with Gasteiger partial charge in [0.25, 0.3) is 0 Å². The highest BCUT2D eigenvalue weighted by Crippen LogP contribution is 2.21. The lowest BCUT2D eigenvalue weighted by Gasteiger charge is -2.01. The van der Waals surface area contributed by atoms with Crippen LogP contribution in [0.4, 0.5) is 0 Å². The maximum Gasteiger partial charge on any atom is 0.209 e. The number of nitrogens with zero attached hydrogens (tertiary/aromatic N) is 2. The Morgan fingerprint density at radius 3 is 2.58 bits per heavy atom. The van der Waals surface area contributed by atoms with Gasteiger partial charge in [-0.15, -0.1) is 24.0 Å². The van der Waals surface area contributed by atoms with E-state index in [0.717, 1.165) is 12.8 Å². The summed E-state index contributed by atoms with van der Waals surface area (Å²) in [5.74, 6) is 0.280. The van der Waals surface area contributed by atoms with Gasteiger partial charge in [-0.05, 0) is 18.6 Å². The van der Waals surface area contributed by atoms with Crippen molar-refractivity contribution in [3.05, 3.63) is 33.8 Å². The fourth-order valence-electron chi connectivity index (χ4n) is 1.19. The number of aliphatic imine (C=N–C) groups is 1. The number of nitrogens with one attached hydrogen (secondary N) is 1. The van der Waals surface area contributed by atoms with E-state index in [4.69, 9.17) is 28.9 Å². The van der Waals surface area contributed by atoms with Gasteiger partial charge in [-0.1, -0.05) is 42.6 Å². The maximum absolute atomic E-state index is 5.98. The van der Waals surface area contributed by atoms with Crippen LogP contribution in [0.5, 0.6) is 0 Å². The van der Waals surface area contributed by atoms with E-state index in [0.29, 0.717) is 22.2 Å². The minimum Gasteiger partial charge on any atom is -0.369 e. The van der Waals surface area contributed by atoms with Crippen LogP contribution in [-0.2, 0) is 0 Å². The zero-order chi connectivity index (χ0) is 13.4. The van der Waals surface area contributed by atoms with Crippen molar-refractivity contribution in [2.24, 2.45) is 15.8 Å². The molecule has 4 nitrogen and oxygen atoms in total. The summed E-state index contributed by atoms with van der Waals surface area (Å²) in [6.07, 6.45) is 3.60. The van der Waals surface area contributed by atoms with E-state index in [2.05, 4.69) is 22.4 Å². The monoisotopic (exact) mass is 414 g/mol. The molecule has 1 aromatic rings. The molecule has 0 fully saturated rings. The Morgan fingerprint density at radius 1 is 1.37 bits per heavy atom. The average Bonchev–Trinajstić information content (AvgIpc) is 2.33. The highest BCUT2D eigenvalue weighted by atomic mass is 127. The first-order chi connectivity index (χ1) is 8.65. The third-order valence-electron chi connectivity index (χ3n) is 2.17. The van der Waals surface area contributed by atoms with Gasteiger partial charge in [0.05, 0.1) is 16.3 Å². The number of rotatable bonds is 5. The predicted octanol–water partition coefficient (Wildman–Crippen LogP) is 3.65. The maximum atomic E-state index is 5.98.